The highest BCUT2D eigenvalue weighted by molar-refractivity contribution is 5.78. The molecule has 0 bridgehead atoms. The van der Waals surface area contributed by atoms with E-state index in [9.17, 15) is 19.2 Å². The van der Waals surface area contributed by atoms with Crippen LogP contribution in [0.1, 0.15) is 0 Å². The van der Waals surface area contributed by atoms with Gasteiger partial charge in [-0.2, -0.15) is 5.10 Å². The molecule has 0 aromatic carbocycles. The molecule has 0 unspecified atom stereocenters. The lowest BCUT2D eigenvalue weighted by Gasteiger charge is -2.09. The summed E-state index contributed by atoms with van der Waals surface area (Å²) in [4.78, 5) is 56.7. The number of hydrogen-bond donors (Lipinski definition) is 1. The fourth-order valence-corrected chi connectivity index (χ4v) is 3.08. The molecule has 0 aliphatic carbocycles. The second-order valence-electron chi connectivity index (χ2n) is 6.69. The van der Waals surface area contributed by atoms with Gasteiger partial charge in [-0.3, -0.25) is 23.5 Å². The summed E-state index contributed by atoms with van der Waals surface area (Å²) in [7, 11) is 2.86. The van der Waals surface area contributed by atoms with Crippen molar-refractivity contribution in [2.24, 2.45) is 14.1 Å². The van der Waals surface area contributed by atoms with Gasteiger partial charge >= 0.3 is 5.69 Å². The monoisotopic (exact) mass is 426 g/mol. The molecule has 14 heteroatoms. The maximum atomic E-state index is 12.4. The summed E-state index contributed by atoms with van der Waals surface area (Å²) in [5.74, 6) is 0.0189. The molecule has 1 amide bonds. The smallest absolute Gasteiger partial charge is 0.332 e. The zero-order valence-corrected chi connectivity index (χ0v) is 16.7. The fourth-order valence-electron chi connectivity index (χ4n) is 3.08. The molecule has 160 valence electrons. The summed E-state index contributed by atoms with van der Waals surface area (Å²) in [6.45, 7) is 0.0923. The number of fused-ring (bicyclic) bond motifs is 1. The van der Waals surface area contributed by atoms with Gasteiger partial charge in [0, 0.05) is 26.7 Å². The van der Waals surface area contributed by atoms with E-state index in [1.54, 1.807) is 0 Å². The minimum absolute atomic E-state index is 0.133. The Hall–Kier alpha value is -4.36. The van der Waals surface area contributed by atoms with E-state index in [-0.39, 0.29) is 36.4 Å². The molecule has 4 aromatic rings. The molecule has 0 saturated carbocycles. The second kappa shape index (κ2) is 7.81. The molecule has 0 radical (unpaired) electrons. The third-order valence-corrected chi connectivity index (χ3v) is 4.68. The molecular weight excluding hydrogens is 408 g/mol. The van der Waals surface area contributed by atoms with Gasteiger partial charge in [-0.1, -0.05) is 0 Å². The van der Waals surface area contributed by atoms with E-state index in [0.29, 0.717) is 5.82 Å². The van der Waals surface area contributed by atoms with E-state index in [1.165, 1.54) is 63.7 Å². The molecule has 0 atom stereocenters. The van der Waals surface area contributed by atoms with Crippen LogP contribution in [0.15, 0.2) is 45.5 Å². The summed E-state index contributed by atoms with van der Waals surface area (Å²) in [6.07, 6.45) is 4.13. The number of nitrogens with one attached hydrogen (secondary N) is 1. The molecule has 0 spiro atoms. The van der Waals surface area contributed by atoms with Crippen molar-refractivity contribution in [3.05, 3.63) is 62.3 Å². The van der Waals surface area contributed by atoms with E-state index < -0.39 is 17.2 Å². The van der Waals surface area contributed by atoms with Crippen molar-refractivity contribution in [3.8, 4) is 5.82 Å². The van der Waals surface area contributed by atoms with Crippen LogP contribution < -0.4 is 22.1 Å². The van der Waals surface area contributed by atoms with E-state index in [2.05, 4.69) is 25.5 Å². The fraction of sp³-hybridized carbons (Fsp3) is 0.294. The number of imidazole rings is 1. The van der Waals surface area contributed by atoms with Crippen molar-refractivity contribution in [1.29, 1.82) is 0 Å². The van der Waals surface area contributed by atoms with E-state index in [1.807, 2.05) is 0 Å². The van der Waals surface area contributed by atoms with Gasteiger partial charge in [0.15, 0.2) is 17.0 Å². The molecule has 0 aliphatic rings. The number of aryl methyl sites for hydroxylation is 1. The Kier molecular flexibility index (Phi) is 5.02. The first-order chi connectivity index (χ1) is 14.9. The second-order valence-corrected chi connectivity index (χ2v) is 6.69. The summed E-state index contributed by atoms with van der Waals surface area (Å²) >= 11 is 0. The zero-order chi connectivity index (χ0) is 22.1. The maximum Gasteiger partial charge on any atom is 0.332 e. The minimum Gasteiger partial charge on any atom is -0.353 e. The average Bonchev–Trinajstić information content (AvgIpc) is 3.42. The maximum absolute atomic E-state index is 12.4. The lowest BCUT2D eigenvalue weighted by atomic mass is 10.4. The van der Waals surface area contributed by atoms with Gasteiger partial charge in [-0.05, 0) is 6.07 Å². The van der Waals surface area contributed by atoms with Crippen molar-refractivity contribution in [2.45, 2.75) is 13.1 Å². The molecule has 31 heavy (non-hydrogen) atoms. The number of rotatable bonds is 6. The van der Waals surface area contributed by atoms with Crippen LogP contribution in [-0.4, -0.2) is 55.7 Å². The van der Waals surface area contributed by atoms with Crippen LogP contribution >= 0.6 is 0 Å². The van der Waals surface area contributed by atoms with Gasteiger partial charge in [0.2, 0.25) is 5.91 Å². The van der Waals surface area contributed by atoms with Gasteiger partial charge in [-0.25, -0.2) is 24.1 Å². The SMILES string of the molecule is Cn1c(=O)c2c(ncn2CC(=O)NCCn2nc(-n3cncn3)ccc2=O)n(C)c1=O. The molecule has 4 aromatic heterocycles. The first-order valence-electron chi connectivity index (χ1n) is 9.17. The van der Waals surface area contributed by atoms with Crippen LogP contribution in [0.4, 0.5) is 0 Å². The molecule has 0 saturated heterocycles. The Morgan fingerprint density at radius 3 is 2.65 bits per heavy atom. The number of hydrogen-bond acceptors (Lipinski definition) is 8. The van der Waals surface area contributed by atoms with Gasteiger partial charge in [0.05, 0.1) is 12.9 Å². The van der Waals surface area contributed by atoms with Crippen LogP contribution in [0.2, 0.25) is 0 Å². The Morgan fingerprint density at radius 1 is 1.10 bits per heavy atom. The predicted octanol–water partition coefficient (Wildman–Crippen LogP) is -2.61. The Morgan fingerprint density at radius 2 is 1.90 bits per heavy atom. The van der Waals surface area contributed by atoms with Crippen LogP contribution in [0.5, 0.6) is 0 Å². The third-order valence-electron chi connectivity index (χ3n) is 4.68. The Balaban J connectivity index is 1.45. The highest BCUT2D eigenvalue weighted by Crippen LogP contribution is 2.05. The Bertz CT molecular complexity index is 1440. The molecule has 0 fully saturated rings. The summed E-state index contributed by atoms with van der Waals surface area (Å²) in [5.41, 5.74) is -1.02. The third kappa shape index (κ3) is 3.65. The molecule has 4 rings (SSSR count). The highest BCUT2D eigenvalue weighted by Gasteiger charge is 2.16. The van der Waals surface area contributed by atoms with E-state index in [4.69, 9.17) is 0 Å². The van der Waals surface area contributed by atoms with E-state index >= 15 is 0 Å². The van der Waals surface area contributed by atoms with Gasteiger partial charge < -0.3 is 9.88 Å². The topological polar surface area (TPSA) is 157 Å². The van der Waals surface area contributed by atoms with Gasteiger partial charge in [0.1, 0.15) is 19.2 Å². The quantitative estimate of drug-likeness (QED) is 0.351. The molecule has 1 N–H and O–H groups in total. The molecule has 4 heterocycles. The molecule has 0 aliphatic heterocycles. The first-order valence-corrected chi connectivity index (χ1v) is 9.17. The van der Waals surface area contributed by atoms with Crippen LogP contribution in [0.3, 0.4) is 0 Å². The van der Waals surface area contributed by atoms with Crippen molar-refractivity contribution in [1.82, 2.24) is 48.5 Å². The van der Waals surface area contributed by atoms with Crippen LogP contribution in [0.25, 0.3) is 17.0 Å². The van der Waals surface area contributed by atoms with Gasteiger partial charge in [-0.15, -0.1) is 5.10 Å². The Labute approximate surface area is 173 Å². The largest absolute Gasteiger partial charge is 0.353 e. The minimum atomic E-state index is -0.538. The van der Waals surface area contributed by atoms with Crippen LogP contribution in [0, 0.1) is 0 Å². The van der Waals surface area contributed by atoms with Gasteiger partial charge in [0.25, 0.3) is 11.1 Å². The number of aromatic nitrogens is 9. The van der Waals surface area contributed by atoms with Crippen molar-refractivity contribution in [3.63, 3.8) is 0 Å². The number of amides is 1. The number of nitrogens with zero attached hydrogens (tertiary/aromatic N) is 9. The number of carbonyl (C=O) groups is 1. The van der Waals surface area contributed by atoms with Crippen molar-refractivity contribution in [2.75, 3.05) is 6.54 Å². The van der Waals surface area contributed by atoms with E-state index in [0.717, 1.165) is 4.57 Å². The normalized spacial score (nSPS) is 11.2. The predicted molar refractivity (Wildman–Crippen MR) is 107 cm³/mol. The van der Waals surface area contributed by atoms with Crippen LogP contribution in [-0.2, 0) is 32.0 Å². The summed E-state index contributed by atoms with van der Waals surface area (Å²) < 4.78 is 6.19. The zero-order valence-electron chi connectivity index (χ0n) is 16.7. The average molecular weight is 426 g/mol. The summed E-state index contributed by atoms with van der Waals surface area (Å²) in [5, 5.41) is 10.8. The first kappa shape index (κ1) is 19.9. The van der Waals surface area contributed by atoms with Crippen molar-refractivity contribution >= 4 is 17.1 Å². The summed E-state index contributed by atoms with van der Waals surface area (Å²) in [6, 6.07) is 2.87. The van der Waals surface area contributed by atoms with Crippen molar-refractivity contribution < 1.29 is 4.79 Å². The molecule has 14 nitrogen and oxygen atoms in total. The standard InChI is InChI=1S/C17H18N10O4/c1-23-15-14(16(30)24(2)17(23)31)25(10-20-15)7-12(28)19-5-6-26-13(29)4-3-11(22-26)27-9-18-8-21-27/h3-4,8-10H,5-7H2,1-2H3,(H,19,28). The highest BCUT2D eigenvalue weighted by atomic mass is 16.2. The molecular formula is C17H18N10O4. The lowest BCUT2D eigenvalue weighted by Crippen LogP contribution is -2.38. The number of carbonyl (C=O) groups excluding carboxylic acids is 1. The lowest BCUT2D eigenvalue weighted by molar-refractivity contribution is -0.121.